The molecule has 0 saturated heterocycles. The van der Waals surface area contributed by atoms with Crippen LogP contribution in [0.4, 0.5) is 0 Å². The van der Waals surface area contributed by atoms with Crippen LogP contribution >= 0.6 is 0 Å². The van der Waals surface area contributed by atoms with Crippen LogP contribution in [-0.4, -0.2) is 25.1 Å². The summed E-state index contributed by atoms with van der Waals surface area (Å²) in [4.78, 5) is 21.3. The number of carbonyl (C=O) groups excluding carboxylic acids is 1. The molecule has 1 aromatic heterocycles. The molecule has 2 N–H and O–H groups in total. The number of imidazole rings is 1. The zero-order valence-electron chi connectivity index (χ0n) is 23.6. The zero-order valence-corrected chi connectivity index (χ0v) is 25.8. The number of aromatic nitrogens is 2. The molecule has 2 aromatic rings. The Bertz CT molecular complexity index is 1340. The molecule has 38 heavy (non-hydrogen) atoms. The molecular formula is C33H40N2NbO2. The number of nitrogens with one attached hydrogen (secondary N) is 1. The van der Waals surface area contributed by atoms with Crippen molar-refractivity contribution >= 4 is 10.0 Å². The Kier molecular flexibility index (Phi) is 10.5. The van der Waals surface area contributed by atoms with E-state index in [4.69, 9.17) is 4.98 Å². The summed E-state index contributed by atoms with van der Waals surface area (Å²) in [6.07, 6.45) is 10.1. The first-order valence-electron chi connectivity index (χ1n) is 13.5. The van der Waals surface area contributed by atoms with E-state index in [1.807, 2.05) is 42.4 Å². The molecule has 1 heterocycles. The maximum absolute atomic E-state index is 12.7. The maximum atomic E-state index is 12.7. The SMILES string of the molecule is Cc1ccccc1-c1nc(C(C=C=C=C([CH]=[Nb])C2=CCCC(O)=C2)CCCC(C)(C)C(=O)C(C)C)[nH]c1C. The number of aryl methyl sites for hydroxylation is 2. The molecule has 0 aliphatic heterocycles. The monoisotopic (exact) mass is 589 g/mol. The van der Waals surface area contributed by atoms with Gasteiger partial charge in [-0.2, -0.15) is 0 Å². The summed E-state index contributed by atoms with van der Waals surface area (Å²) in [5, 5.41) is 9.97. The first-order valence-corrected chi connectivity index (χ1v) is 14.8. The quantitative estimate of drug-likeness (QED) is 0.207. The number of aliphatic hydroxyl groups excluding tert-OH is 1. The first kappa shape index (κ1) is 29.8. The van der Waals surface area contributed by atoms with Crippen molar-refractivity contribution in [2.24, 2.45) is 11.3 Å². The number of H-pyrrole nitrogens is 1. The Balaban J connectivity index is 1.96. The van der Waals surface area contributed by atoms with E-state index in [0.29, 0.717) is 18.0 Å². The first-order chi connectivity index (χ1) is 18.0. The number of nitrogens with zero attached hydrogens (tertiary/aromatic N) is 1. The van der Waals surface area contributed by atoms with Gasteiger partial charge in [-0.3, -0.25) is 0 Å². The van der Waals surface area contributed by atoms with E-state index in [9.17, 15) is 9.90 Å². The number of Topliss-reactive ketones (excluding diaryl/α,β-unsaturated/α-hetero) is 1. The van der Waals surface area contributed by atoms with Gasteiger partial charge in [0, 0.05) is 0 Å². The Hall–Kier alpha value is -2.71. The molecule has 0 spiro atoms. The van der Waals surface area contributed by atoms with Crippen LogP contribution in [0.3, 0.4) is 0 Å². The van der Waals surface area contributed by atoms with Crippen molar-refractivity contribution in [3.05, 3.63) is 87.9 Å². The van der Waals surface area contributed by atoms with Crippen molar-refractivity contribution in [2.45, 2.75) is 79.6 Å². The summed E-state index contributed by atoms with van der Waals surface area (Å²) < 4.78 is 2.04. The van der Waals surface area contributed by atoms with Crippen molar-refractivity contribution in [3.63, 3.8) is 0 Å². The summed E-state index contributed by atoms with van der Waals surface area (Å²) in [7, 11) is 0. The summed E-state index contributed by atoms with van der Waals surface area (Å²) in [6, 6.07) is 8.31. The van der Waals surface area contributed by atoms with Crippen LogP contribution in [0.15, 0.2) is 70.9 Å². The number of aliphatic hydroxyl groups is 1. The van der Waals surface area contributed by atoms with Crippen molar-refractivity contribution in [1.82, 2.24) is 9.97 Å². The fourth-order valence-electron chi connectivity index (χ4n) is 5.00. The van der Waals surface area contributed by atoms with E-state index in [0.717, 1.165) is 59.6 Å². The molecule has 5 heteroatoms. The topological polar surface area (TPSA) is 66.0 Å². The second-order valence-electron chi connectivity index (χ2n) is 11.1. The van der Waals surface area contributed by atoms with E-state index in [1.165, 1.54) is 5.56 Å². The second kappa shape index (κ2) is 13.4. The Morgan fingerprint density at radius 1 is 1.26 bits per heavy atom. The molecule has 1 aliphatic carbocycles. The van der Waals surface area contributed by atoms with Gasteiger partial charge in [-0.05, 0) is 0 Å². The number of carbonyl (C=O) groups is 1. The number of allylic oxidation sites excluding steroid dienone is 6. The molecule has 0 amide bonds. The standard InChI is InChI=1S/C33H40N2O2.Nb/c1-22(2)31(37)33(6,7)20-12-17-26(15-10-14-23(3)27-16-11-18-28(36)21-27)32-34-25(5)30(35-32)29-19-9-8-13-24(29)4;/h3,8-9,13,15-16,19,21-22,26,36H,11-12,17-18,20H2,1-2,4-7H3,(H,34,35);. The zero-order chi connectivity index (χ0) is 27.9. The van der Waals surface area contributed by atoms with Crippen LogP contribution in [-0.2, 0) is 25.4 Å². The number of hydrogen-bond donors (Lipinski definition) is 2. The molecule has 1 unspecified atom stereocenters. The molecule has 0 bridgehead atoms. The average molecular weight is 590 g/mol. The fourth-order valence-corrected chi connectivity index (χ4v) is 5.53. The van der Waals surface area contributed by atoms with Crippen LogP contribution in [0.1, 0.15) is 82.8 Å². The molecule has 0 fully saturated rings. The predicted octanol–water partition coefficient (Wildman–Crippen LogP) is 7.95. The molecule has 3 rings (SSSR count). The van der Waals surface area contributed by atoms with Gasteiger partial charge in [0.05, 0.1) is 0 Å². The van der Waals surface area contributed by atoms with Gasteiger partial charge in [0.1, 0.15) is 0 Å². The minimum absolute atomic E-state index is 0.00992. The van der Waals surface area contributed by atoms with E-state index in [-0.39, 0.29) is 17.3 Å². The summed E-state index contributed by atoms with van der Waals surface area (Å²) in [5.41, 5.74) is 12.5. The van der Waals surface area contributed by atoms with Crippen molar-refractivity contribution in [1.29, 1.82) is 0 Å². The van der Waals surface area contributed by atoms with E-state index >= 15 is 0 Å². The van der Waals surface area contributed by atoms with Crippen molar-refractivity contribution < 1.29 is 30.5 Å². The predicted molar refractivity (Wildman–Crippen MR) is 153 cm³/mol. The van der Waals surface area contributed by atoms with Gasteiger partial charge in [-0.1, -0.05) is 19.9 Å². The number of aromatic amines is 1. The molecule has 1 aromatic carbocycles. The van der Waals surface area contributed by atoms with Gasteiger partial charge in [0.15, 0.2) is 0 Å². The van der Waals surface area contributed by atoms with Gasteiger partial charge < -0.3 is 0 Å². The van der Waals surface area contributed by atoms with Crippen LogP contribution in [0.5, 0.6) is 0 Å². The number of rotatable bonds is 11. The molecular weight excluding hydrogens is 549 g/mol. The number of benzene rings is 1. The van der Waals surface area contributed by atoms with E-state index in [2.05, 4.69) is 62.4 Å². The molecule has 4 nitrogen and oxygen atoms in total. The number of ketones is 1. The summed E-state index contributed by atoms with van der Waals surface area (Å²) >= 11 is 1.58. The van der Waals surface area contributed by atoms with Crippen molar-refractivity contribution in [2.75, 3.05) is 0 Å². The molecule has 1 aliphatic rings. The third kappa shape index (κ3) is 7.67. The summed E-state index contributed by atoms with van der Waals surface area (Å²) in [5.74, 6) is 1.67. The molecule has 0 saturated carbocycles. The molecule has 1 atom stereocenters. The molecule has 0 radical (unpaired) electrons. The summed E-state index contributed by atoms with van der Waals surface area (Å²) in [6.45, 7) is 12.2. The van der Waals surface area contributed by atoms with Crippen molar-refractivity contribution in [3.8, 4) is 11.3 Å². The third-order valence-corrected chi connectivity index (χ3v) is 7.82. The van der Waals surface area contributed by atoms with Gasteiger partial charge in [0.25, 0.3) is 0 Å². The van der Waals surface area contributed by atoms with E-state index in [1.54, 1.807) is 20.6 Å². The van der Waals surface area contributed by atoms with Gasteiger partial charge in [-0.15, -0.1) is 0 Å². The number of hydrogen-bond acceptors (Lipinski definition) is 3. The Labute approximate surface area is 239 Å². The van der Waals surface area contributed by atoms with E-state index < -0.39 is 0 Å². The Morgan fingerprint density at radius 2 is 2.00 bits per heavy atom. The van der Waals surface area contributed by atoms with Crippen LogP contribution < -0.4 is 0 Å². The third-order valence-electron chi connectivity index (χ3n) is 7.18. The normalized spacial score (nSPS) is 14.2. The minimum atomic E-state index is -0.350. The fraction of sp³-hybridized carbons (Fsp3) is 0.424. The van der Waals surface area contributed by atoms with Gasteiger partial charge in [0.2, 0.25) is 0 Å². The van der Waals surface area contributed by atoms with Crippen LogP contribution in [0.2, 0.25) is 0 Å². The molecule has 199 valence electrons. The van der Waals surface area contributed by atoms with Crippen LogP contribution in [0.25, 0.3) is 11.3 Å². The van der Waals surface area contributed by atoms with Gasteiger partial charge in [-0.25, -0.2) is 0 Å². The Morgan fingerprint density at radius 3 is 2.66 bits per heavy atom. The second-order valence-corrected chi connectivity index (χ2v) is 11.8. The average Bonchev–Trinajstić information content (AvgIpc) is 3.26. The van der Waals surface area contributed by atoms with Crippen LogP contribution in [0, 0.1) is 25.2 Å². The van der Waals surface area contributed by atoms with Gasteiger partial charge >= 0.3 is 221 Å².